The lowest BCUT2D eigenvalue weighted by Gasteiger charge is -2.07. The third kappa shape index (κ3) is 4.48. The standard InChI is InChI=1S/C16H13IO4S/c1-21-16(20)10-2-4-12(5-3-10)22-13-6-7-14(17)11(8-13)9-15(18)19/h2-8H,9H2,1H3,(H,18,19). The number of benzene rings is 2. The van der Waals surface area contributed by atoms with Gasteiger partial charge in [-0.1, -0.05) is 11.8 Å². The first-order valence-corrected chi connectivity index (χ1v) is 8.25. The van der Waals surface area contributed by atoms with Crippen LogP contribution >= 0.6 is 34.4 Å². The molecule has 0 atom stereocenters. The van der Waals surface area contributed by atoms with Crippen LogP contribution in [0.5, 0.6) is 0 Å². The molecule has 0 spiro atoms. The Balaban J connectivity index is 2.16. The molecule has 0 aromatic heterocycles. The summed E-state index contributed by atoms with van der Waals surface area (Å²) in [6.07, 6.45) is 0.00789. The van der Waals surface area contributed by atoms with Crippen LogP contribution in [0.15, 0.2) is 52.3 Å². The van der Waals surface area contributed by atoms with Crippen LogP contribution in [-0.4, -0.2) is 24.2 Å². The number of halogens is 1. The number of carbonyl (C=O) groups excluding carboxylic acids is 1. The Kier molecular flexibility index (Phi) is 5.84. The minimum absolute atomic E-state index is 0.00789. The van der Waals surface area contributed by atoms with E-state index in [9.17, 15) is 9.59 Å². The number of carboxylic acid groups (broad SMARTS) is 1. The second-order valence-corrected chi connectivity index (χ2v) is 6.75. The molecule has 2 rings (SSSR count). The molecule has 22 heavy (non-hydrogen) atoms. The van der Waals surface area contributed by atoms with Crippen molar-refractivity contribution in [2.24, 2.45) is 0 Å². The van der Waals surface area contributed by atoms with Gasteiger partial charge in [0.05, 0.1) is 19.1 Å². The van der Waals surface area contributed by atoms with E-state index >= 15 is 0 Å². The summed E-state index contributed by atoms with van der Waals surface area (Å²) >= 11 is 3.65. The maximum Gasteiger partial charge on any atom is 0.337 e. The second-order valence-electron chi connectivity index (χ2n) is 4.44. The first-order valence-electron chi connectivity index (χ1n) is 6.36. The number of esters is 1. The predicted octanol–water partition coefficient (Wildman–Crippen LogP) is 3.86. The number of aliphatic carboxylic acids is 1. The lowest BCUT2D eigenvalue weighted by Crippen LogP contribution is -2.02. The smallest absolute Gasteiger partial charge is 0.337 e. The minimum atomic E-state index is -0.845. The Morgan fingerprint density at radius 1 is 1.14 bits per heavy atom. The average Bonchev–Trinajstić information content (AvgIpc) is 2.50. The van der Waals surface area contributed by atoms with Crippen LogP contribution in [-0.2, 0) is 16.0 Å². The van der Waals surface area contributed by atoms with Gasteiger partial charge in [0, 0.05) is 13.4 Å². The summed E-state index contributed by atoms with van der Waals surface area (Å²) in [4.78, 5) is 24.2. The van der Waals surface area contributed by atoms with Crippen LogP contribution in [0.2, 0.25) is 0 Å². The lowest BCUT2D eigenvalue weighted by molar-refractivity contribution is -0.136. The summed E-state index contributed by atoms with van der Waals surface area (Å²) in [5.74, 6) is -1.21. The topological polar surface area (TPSA) is 63.6 Å². The number of ether oxygens (including phenoxy) is 1. The fraction of sp³-hybridized carbons (Fsp3) is 0.125. The molecule has 1 N–H and O–H groups in total. The van der Waals surface area contributed by atoms with E-state index in [0.29, 0.717) is 5.56 Å². The number of hydrogen-bond donors (Lipinski definition) is 1. The van der Waals surface area contributed by atoms with Gasteiger partial charge in [0.15, 0.2) is 0 Å². The summed E-state index contributed by atoms with van der Waals surface area (Å²) in [6, 6.07) is 12.8. The van der Waals surface area contributed by atoms with Crippen LogP contribution in [0.3, 0.4) is 0 Å². The molecule has 0 aliphatic carbocycles. The van der Waals surface area contributed by atoms with E-state index in [2.05, 4.69) is 27.3 Å². The Morgan fingerprint density at radius 2 is 1.77 bits per heavy atom. The van der Waals surface area contributed by atoms with Crippen molar-refractivity contribution in [3.63, 3.8) is 0 Å². The van der Waals surface area contributed by atoms with Gasteiger partial charge < -0.3 is 9.84 Å². The number of hydrogen-bond acceptors (Lipinski definition) is 4. The highest BCUT2D eigenvalue weighted by Crippen LogP contribution is 2.30. The second kappa shape index (κ2) is 7.64. The fourth-order valence-corrected chi connectivity index (χ4v) is 3.23. The van der Waals surface area contributed by atoms with Crippen molar-refractivity contribution in [3.8, 4) is 0 Å². The van der Waals surface area contributed by atoms with Crippen molar-refractivity contribution >= 4 is 46.3 Å². The van der Waals surface area contributed by atoms with Gasteiger partial charge in [-0.25, -0.2) is 4.79 Å². The van der Waals surface area contributed by atoms with Crippen LogP contribution in [0, 0.1) is 3.57 Å². The largest absolute Gasteiger partial charge is 0.481 e. The zero-order valence-electron chi connectivity index (χ0n) is 11.7. The highest BCUT2D eigenvalue weighted by Gasteiger charge is 2.08. The molecule has 4 nitrogen and oxygen atoms in total. The van der Waals surface area contributed by atoms with E-state index in [4.69, 9.17) is 5.11 Å². The van der Waals surface area contributed by atoms with E-state index in [0.717, 1.165) is 18.9 Å². The number of rotatable bonds is 5. The molecule has 0 radical (unpaired) electrons. The first-order chi connectivity index (χ1) is 10.5. The van der Waals surface area contributed by atoms with Gasteiger partial charge in [-0.3, -0.25) is 4.79 Å². The molecule has 0 saturated carbocycles. The SMILES string of the molecule is COC(=O)c1ccc(Sc2ccc(I)c(CC(=O)O)c2)cc1. The van der Waals surface area contributed by atoms with E-state index in [1.165, 1.54) is 18.9 Å². The number of carboxylic acids is 1. The highest BCUT2D eigenvalue weighted by molar-refractivity contribution is 14.1. The molecule has 0 saturated heterocycles. The van der Waals surface area contributed by atoms with Crippen molar-refractivity contribution in [2.75, 3.05) is 7.11 Å². The molecular formula is C16H13IO4S. The van der Waals surface area contributed by atoms with Crippen molar-refractivity contribution in [2.45, 2.75) is 16.2 Å². The molecule has 0 aliphatic rings. The van der Waals surface area contributed by atoms with Gasteiger partial charge >= 0.3 is 11.9 Å². The van der Waals surface area contributed by atoms with E-state index in [1.54, 1.807) is 12.1 Å². The monoisotopic (exact) mass is 428 g/mol. The van der Waals surface area contributed by atoms with Gasteiger partial charge in [0.25, 0.3) is 0 Å². The van der Waals surface area contributed by atoms with E-state index in [-0.39, 0.29) is 12.4 Å². The molecule has 0 heterocycles. The summed E-state index contributed by atoms with van der Waals surface area (Å²) in [5, 5.41) is 8.92. The fourth-order valence-electron chi connectivity index (χ4n) is 1.83. The van der Waals surface area contributed by atoms with Gasteiger partial charge in [0.1, 0.15) is 0 Å². The van der Waals surface area contributed by atoms with Crippen molar-refractivity contribution in [3.05, 3.63) is 57.2 Å². The lowest BCUT2D eigenvalue weighted by atomic mass is 10.1. The molecule has 0 unspecified atom stereocenters. The molecular weight excluding hydrogens is 415 g/mol. The maximum absolute atomic E-state index is 11.4. The van der Waals surface area contributed by atoms with Crippen LogP contribution < -0.4 is 0 Å². The Bertz CT molecular complexity index is 698. The first kappa shape index (κ1) is 16.8. The highest BCUT2D eigenvalue weighted by atomic mass is 127. The summed E-state index contributed by atoms with van der Waals surface area (Å²) in [7, 11) is 1.35. The molecule has 2 aromatic carbocycles. The van der Waals surface area contributed by atoms with E-state index < -0.39 is 5.97 Å². The normalized spacial score (nSPS) is 10.3. The minimum Gasteiger partial charge on any atom is -0.481 e. The third-order valence-electron chi connectivity index (χ3n) is 2.87. The van der Waals surface area contributed by atoms with Crippen molar-refractivity contribution < 1.29 is 19.4 Å². The Labute approximate surface area is 146 Å². The summed E-state index contributed by atoms with van der Waals surface area (Å²) in [6.45, 7) is 0. The van der Waals surface area contributed by atoms with Gasteiger partial charge in [-0.05, 0) is 70.6 Å². The Morgan fingerprint density at radius 3 is 2.36 bits per heavy atom. The molecule has 2 aromatic rings. The average molecular weight is 428 g/mol. The summed E-state index contributed by atoms with van der Waals surface area (Å²) < 4.78 is 5.59. The number of methoxy groups -OCH3 is 1. The van der Waals surface area contributed by atoms with Gasteiger partial charge in [-0.2, -0.15) is 0 Å². The van der Waals surface area contributed by atoms with Crippen LogP contribution in [0.1, 0.15) is 15.9 Å². The van der Waals surface area contributed by atoms with Crippen molar-refractivity contribution in [1.82, 2.24) is 0 Å². The third-order valence-corrected chi connectivity index (χ3v) is 4.92. The van der Waals surface area contributed by atoms with E-state index in [1.807, 2.05) is 30.3 Å². The molecule has 6 heteroatoms. The Hall–Kier alpha value is -1.54. The quantitative estimate of drug-likeness (QED) is 0.579. The predicted molar refractivity (Wildman–Crippen MR) is 92.4 cm³/mol. The van der Waals surface area contributed by atoms with Gasteiger partial charge in [-0.15, -0.1) is 0 Å². The van der Waals surface area contributed by atoms with Gasteiger partial charge in [0.2, 0.25) is 0 Å². The maximum atomic E-state index is 11.4. The van der Waals surface area contributed by atoms with Crippen LogP contribution in [0.25, 0.3) is 0 Å². The molecule has 0 fully saturated rings. The molecule has 0 bridgehead atoms. The number of carbonyl (C=O) groups is 2. The zero-order valence-corrected chi connectivity index (χ0v) is 14.7. The molecule has 114 valence electrons. The summed E-state index contributed by atoms with van der Waals surface area (Å²) in [5.41, 5.74) is 1.30. The van der Waals surface area contributed by atoms with Crippen LogP contribution in [0.4, 0.5) is 0 Å². The van der Waals surface area contributed by atoms with Crippen molar-refractivity contribution in [1.29, 1.82) is 0 Å². The molecule has 0 amide bonds. The molecule has 0 aliphatic heterocycles. The zero-order chi connectivity index (χ0) is 16.1.